The van der Waals surface area contributed by atoms with Gasteiger partial charge >= 0.3 is 0 Å². The predicted molar refractivity (Wildman–Crippen MR) is 59.0 cm³/mol. The summed E-state index contributed by atoms with van der Waals surface area (Å²) in [6, 6.07) is 8.09. The number of rotatable bonds is 1. The lowest BCUT2D eigenvalue weighted by molar-refractivity contribution is 1.31. The van der Waals surface area contributed by atoms with Crippen LogP contribution < -0.4 is 5.32 Å². The topological polar surface area (TPSA) is 24.9 Å². The summed E-state index contributed by atoms with van der Waals surface area (Å²) in [5, 5.41) is 5.39. The zero-order chi connectivity index (χ0) is 9.26. The van der Waals surface area contributed by atoms with Crippen molar-refractivity contribution in [2.45, 2.75) is 0 Å². The van der Waals surface area contributed by atoms with Crippen LogP contribution in [0.15, 0.2) is 34.9 Å². The molecule has 13 heavy (non-hydrogen) atoms. The van der Waals surface area contributed by atoms with E-state index in [1.807, 2.05) is 25.2 Å². The zero-order valence-electron chi connectivity index (χ0n) is 7.21. The van der Waals surface area contributed by atoms with Gasteiger partial charge in [0.1, 0.15) is 5.82 Å². The minimum atomic E-state index is 0.916. The highest BCUT2D eigenvalue weighted by Gasteiger charge is 2.01. The molecule has 0 bridgehead atoms. The van der Waals surface area contributed by atoms with Gasteiger partial charge in [0.05, 0.1) is 0 Å². The second-order valence-electron chi connectivity index (χ2n) is 2.74. The van der Waals surface area contributed by atoms with E-state index in [1.165, 1.54) is 5.39 Å². The fourth-order valence-corrected chi connectivity index (χ4v) is 1.87. The minimum Gasteiger partial charge on any atom is -0.373 e. The third kappa shape index (κ3) is 1.40. The van der Waals surface area contributed by atoms with E-state index in [9.17, 15) is 0 Å². The molecule has 0 amide bonds. The molecule has 2 aromatic rings. The quantitative estimate of drug-likeness (QED) is 0.824. The highest BCUT2D eigenvalue weighted by atomic mass is 79.9. The number of anilines is 1. The van der Waals surface area contributed by atoms with Gasteiger partial charge in [-0.1, -0.05) is 28.1 Å². The lowest BCUT2D eigenvalue weighted by atomic mass is 10.1. The summed E-state index contributed by atoms with van der Waals surface area (Å²) in [5.41, 5.74) is 0. The van der Waals surface area contributed by atoms with Crippen molar-refractivity contribution in [2.75, 3.05) is 12.4 Å². The smallest absolute Gasteiger partial charge is 0.133 e. The standard InChI is InChI=1S/C10H9BrN2/c1-12-10-8-3-2-4-9(11)7(8)5-6-13-10/h2-6H,1H3,(H,12,13). The van der Waals surface area contributed by atoms with Gasteiger partial charge in [0.2, 0.25) is 0 Å². The SMILES string of the molecule is CNc1nccc2c(Br)cccc12. The number of aromatic nitrogens is 1. The van der Waals surface area contributed by atoms with Crippen LogP contribution in [0.1, 0.15) is 0 Å². The van der Waals surface area contributed by atoms with E-state index in [2.05, 4.69) is 32.3 Å². The van der Waals surface area contributed by atoms with Crippen LogP contribution >= 0.6 is 15.9 Å². The first kappa shape index (κ1) is 8.51. The number of hydrogen-bond donors (Lipinski definition) is 1. The molecule has 0 radical (unpaired) electrons. The van der Waals surface area contributed by atoms with Gasteiger partial charge in [0.25, 0.3) is 0 Å². The van der Waals surface area contributed by atoms with Crippen molar-refractivity contribution >= 4 is 32.5 Å². The summed E-state index contributed by atoms with van der Waals surface area (Å²) in [5.74, 6) is 0.916. The second kappa shape index (κ2) is 3.34. The van der Waals surface area contributed by atoms with Crippen molar-refractivity contribution < 1.29 is 0 Å². The Morgan fingerprint density at radius 1 is 1.23 bits per heavy atom. The largest absolute Gasteiger partial charge is 0.373 e. The third-order valence-electron chi connectivity index (χ3n) is 1.99. The fraction of sp³-hybridized carbons (Fsp3) is 0.100. The molecule has 0 aliphatic heterocycles. The Hall–Kier alpha value is -1.09. The van der Waals surface area contributed by atoms with E-state index in [0.29, 0.717) is 0 Å². The van der Waals surface area contributed by atoms with Gasteiger partial charge in [-0.15, -0.1) is 0 Å². The molecule has 0 saturated heterocycles. The Morgan fingerprint density at radius 3 is 2.85 bits per heavy atom. The summed E-state index contributed by atoms with van der Waals surface area (Å²) in [6.45, 7) is 0. The Balaban J connectivity index is 2.84. The number of hydrogen-bond acceptors (Lipinski definition) is 2. The van der Waals surface area contributed by atoms with Crippen molar-refractivity contribution in [3.63, 3.8) is 0 Å². The number of nitrogens with one attached hydrogen (secondary N) is 1. The maximum Gasteiger partial charge on any atom is 0.133 e. The third-order valence-corrected chi connectivity index (χ3v) is 2.68. The van der Waals surface area contributed by atoms with Crippen LogP contribution in [0, 0.1) is 0 Å². The van der Waals surface area contributed by atoms with E-state index in [1.54, 1.807) is 6.20 Å². The number of pyridine rings is 1. The van der Waals surface area contributed by atoms with Gasteiger partial charge in [0, 0.05) is 28.5 Å². The van der Waals surface area contributed by atoms with E-state index < -0.39 is 0 Å². The zero-order valence-corrected chi connectivity index (χ0v) is 8.80. The Morgan fingerprint density at radius 2 is 2.08 bits per heavy atom. The lowest BCUT2D eigenvalue weighted by Crippen LogP contribution is -1.92. The van der Waals surface area contributed by atoms with Crippen LogP contribution in [0.3, 0.4) is 0 Å². The molecule has 0 saturated carbocycles. The Kier molecular flexibility index (Phi) is 2.19. The van der Waals surface area contributed by atoms with Gasteiger partial charge in [-0.25, -0.2) is 4.98 Å². The molecule has 2 rings (SSSR count). The molecule has 1 N–H and O–H groups in total. The van der Waals surface area contributed by atoms with Crippen molar-refractivity contribution in [3.8, 4) is 0 Å². The molecule has 0 spiro atoms. The summed E-state index contributed by atoms with van der Waals surface area (Å²) >= 11 is 3.50. The molecule has 0 atom stereocenters. The molecule has 1 aromatic carbocycles. The summed E-state index contributed by atoms with van der Waals surface area (Å²) in [7, 11) is 1.88. The molecule has 0 fully saturated rings. The number of halogens is 1. The molecular formula is C10H9BrN2. The van der Waals surface area contributed by atoms with Gasteiger partial charge in [-0.2, -0.15) is 0 Å². The second-order valence-corrected chi connectivity index (χ2v) is 3.60. The molecule has 3 heteroatoms. The monoisotopic (exact) mass is 236 g/mol. The lowest BCUT2D eigenvalue weighted by Gasteiger charge is -2.04. The van der Waals surface area contributed by atoms with Crippen LogP contribution in [0.2, 0.25) is 0 Å². The summed E-state index contributed by atoms with van der Waals surface area (Å²) < 4.78 is 1.10. The molecule has 1 heterocycles. The van der Waals surface area contributed by atoms with Crippen LogP contribution in [0.4, 0.5) is 5.82 Å². The van der Waals surface area contributed by atoms with Gasteiger partial charge in [0.15, 0.2) is 0 Å². The van der Waals surface area contributed by atoms with E-state index in [-0.39, 0.29) is 0 Å². The number of fused-ring (bicyclic) bond motifs is 1. The van der Waals surface area contributed by atoms with Crippen molar-refractivity contribution in [2.24, 2.45) is 0 Å². The summed E-state index contributed by atoms with van der Waals surface area (Å²) in [6.07, 6.45) is 1.80. The van der Waals surface area contributed by atoms with Gasteiger partial charge in [-0.3, -0.25) is 0 Å². The van der Waals surface area contributed by atoms with E-state index >= 15 is 0 Å². The highest BCUT2D eigenvalue weighted by molar-refractivity contribution is 9.10. The van der Waals surface area contributed by atoms with E-state index in [0.717, 1.165) is 15.7 Å². The number of nitrogens with zero attached hydrogens (tertiary/aromatic N) is 1. The molecular weight excluding hydrogens is 228 g/mol. The summed E-state index contributed by atoms with van der Waals surface area (Å²) in [4.78, 5) is 4.23. The van der Waals surface area contributed by atoms with Crippen LogP contribution in [0.5, 0.6) is 0 Å². The fourth-order valence-electron chi connectivity index (χ4n) is 1.37. The van der Waals surface area contributed by atoms with Gasteiger partial charge < -0.3 is 5.32 Å². The first-order chi connectivity index (χ1) is 6.33. The van der Waals surface area contributed by atoms with Gasteiger partial charge in [-0.05, 0) is 12.1 Å². The Labute approximate surface area is 85.1 Å². The molecule has 0 unspecified atom stereocenters. The van der Waals surface area contributed by atoms with Crippen LogP contribution in [-0.2, 0) is 0 Å². The molecule has 66 valence electrons. The average Bonchev–Trinajstić information content (AvgIpc) is 2.18. The van der Waals surface area contributed by atoms with Crippen molar-refractivity contribution in [1.29, 1.82) is 0 Å². The Bertz CT molecular complexity index is 440. The first-order valence-electron chi connectivity index (χ1n) is 4.04. The molecule has 0 aliphatic carbocycles. The maximum absolute atomic E-state index is 4.23. The highest BCUT2D eigenvalue weighted by Crippen LogP contribution is 2.26. The first-order valence-corrected chi connectivity index (χ1v) is 4.83. The van der Waals surface area contributed by atoms with E-state index in [4.69, 9.17) is 0 Å². The average molecular weight is 237 g/mol. The molecule has 2 nitrogen and oxygen atoms in total. The minimum absolute atomic E-state index is 0.916. The maximum atomic E-state index is 4.23. The number of benzene rings is 1. The van der Waals surface area contributed by atoms with Crippen LogP contribution in [0.25, 0.3) is 10.8 Å². The van der Waals surface area contributed by atoms with Crippen molar-refractivity contribution in [3.05, 3.63) is 34.9 Å². The van der Waals surface area contributed by atoms with Crippen LogP contribution in [-0.4, -0.2) is 12.0 Å². The van der Waals surface area contributed by atoms with Crippen molar-refractivity contribution in [1.82, 2.24) is 4.98 Å². The predicted octanol–water partition coefficient (Wildman–Crippen LogP) is 3.04. The normalized spacial score (nSPS) is 10.3. The molecule has 1 aromatic heterocycles. The molecule has 0 aliphatic rings.